The van der Waals surface area contributed by atoms with E-state index in [1.807, 2.05) is 0 Å². The summed E-state index contributed by atoms with van der Waals surface area (Å²) in [6.07, 6.45) is 3.17. The largest absolute Gasteiger partial charge is 0.483 e. The predicted octanol–water partition coefficient (Wildman–Crippen LogP) is 1.42. The van der Waals surface area contributed by atoms with Crippen LogP contribution in [0.25, 0.3) is 10.9 Å². The van der Waals surface area contributed by atoms with Crippen molar-refractivity contribution in [3.05, 3.63) is 136 Å². The quantitative estimate of drug-likeness (QED) is 0.0414. The molecule has 0 aliphatic heterocycles. The van der Waals surface area contributed by atoms with Crippen LogP contribution in [0, 0.1) is 0 Å². The number of aliphatic carboxylic acids is 1. The number of carbonyl (C=O) groups is 8. The summed E-state index contributed by atoms with van der Waals surface area (Å²) in [4.78, 5) is 142. The molecule has 3 aromatic carbocycles. The van der Waals surface area contributed by atoms with E-state index in [1.54, 1.807) is 66.9 Å². The van der Waals surface area contributed by atoms with Gasteiger partial charge >= 0.3 is 19.4 Å². The first-order valence-electron chi connectivity index (χ1n) is 21.1. The summed E-state index contributed by atoms with van der Waals surface area (Å²) >= 11 is 6.14. The lowest BCUT2D eigenvalue weighted by Gasteiger charge is -2.27. The molecule has 2 aromatic heterocycles. The molecule has 11 N–H and O–H groups in total. The minimum absolute atomic E-state index is 0.0109. The van der Waals surface area contributed by atoms with E-state index in [0.717, 1.165) is 5.39 Å². The Bertz CT molecular complexity index is 2610. The lowest BCUT2D eigenvalue weighted by Crippen LogP contribution is -2.60. The fraction of sp³-hybridized carbons (Fsp3) is 0.283. The van der Waals surface area contributed by atoms with Gasteiger partial charge in [-0.05, 0) is 59.0 Å². The predicted molar refractivity (Wildman–Crippen MR) is 249 cm³/mol. The Morgan fingerprint density at radius 3 is 1.72 bits per heavy atom. The number of rotatable bonds is 23. The van der Waals surface area contributed by atoms with Crippen molar-refractivity contribution in [2.24, 2.45) is 0 Å². The highest BCUT2D eigenvalue weighted by molar-refractivity contribution is 7.76. The number of likely N-dealkylation sites (N-methyl/N-ethyl adjacent to an activating group) is 1. The number of hydrogen-bond donors (Lipinski definition) is 11. The van der Waals surface area contributed by atoms with Crippen LogP contribution in [0.4, 0.5) is 0 Å². The van der Waals surface area contributed by atoms with Crippen molar-refractivity contribution < 1.29 is 58.1 Å². The number of benzene rings is 3. The monoisotopic (exact) mass is 973 g/mol. The average Bonchev–Trinajstić information content (AvgIpc) is 3.70. The van der Waals surface area contributed by atoms with E-state index >= 15 is 0 Å². The normalized spacial score (nSPS) is 13.4. The van der Waals surface area contributed by atoms with Crippen molar-refractivity contribution in [3.8, 4) is 0 Å². The van der Waals surface area contributed by atoms with Crippen LogP contribution >= 0.6 is 19.5 Å². The van der Waals surface area contributed by atoms with Gasteiger partial charge in [-0.15, -0.1) is 0 Å². The lowest BCUT2D eigenvalue weighted by atomic mass is 10.00. The molecule has 0 saturated carbocycles. The summed E-state index contributed by atoms with van der Waals surface area (Å²) in [5.74, 6) is -5.97. The summed E-state index contributed by atoms with van der Waals surface area (Å²) in [6.45, 7) is 1.20. The number of nitrogens with zero attached hydrogens (tertiary/aromatic N) is 1. The summed E-state index contributed by atoms with van der Waals surface area (Å²) < 4.78 is 0. The maximum Gasteiger partial charge on any atom is 0.483 e. The van der Waals surface area contributed by atoms with Crippen molar-refractivity contribution in [2.45, 2.75) is 75.7 Å². The fourth-order valence-corrected chi connectivity index (χ4v) is 7.89. The number of hydrogen-bond acceptors (Lipinski definition) is 12. The molecule has 0 spiro atoms. The molecule has 0 fully saturated rings. The number of aromatic amines is 1. The van der Waals surface area contributed by atoms with Crippen LogP contribution in [0.1, 0.15) is 52.4 Å². The summed E-state index contributed by atoms with van der Waals surface area (Å²) in [5, 5.41) is 26.4. The summed E-state index contributed by atoms with van der Waals surface area (Å²) in [5.41, 5.74) is 1.20. The highest BCUT2D eigenvalue weighted by atomic mass is 35.5. The Morgan fingerprint density at radius 2 is 1.18 bits per heavy atom. The second-order valence-electron chi connectivity index (χ2n) is 15.8. The van der Waals surface area contributed by atoms with E-state index in [0.29, 0.717) is 32.8 Å². The van der Waals surface area contributed by atoms with Gasteiger partial charge in [-0.3, -0.25) is 38.5 Å². The number of H-pyrrole nitrogens is 1. The number of carboxylic acids is 1. The molecule has 5 atom stereocenters. The molecule has 0 saturated heterocycles. The number of amides is 6. The molecule has 0 radical (unpaired) electrons. The van der Waals surface area contributed by atoms with Crippen molar-refractivity contribution in [1.29, 1.82) is 0 Å². The molecule has 5 rings (SSSR count). The van der Waals surface area contributed by atoms with Crippen molar-refractivity contribution in [1.82, 2.24) is 41.9 Å². The highest BCUT2D eigenvalue weighted by Gasteiger charge is 2.43. The van der Waals surface area contributed by atoms with Crippen LogP contribution < -0.4 is 31.9 Å². The maximum absolute atomic E-state index is 14.5. The number of fused-ring (bicyclic) bond motifs is 1. The minimum Gasteiger partial charge on any atom is -0.481 e. The zero-order chi connectivity index (χ0) is 49.5. The van der Waals surface area contributed by atoms with Gasteiger partial charge in [0.2, 0.25) is 35.4 Å². The van der Waals surface area contributed by atoms with Gasteiger partial charge in [0, 0.05) is 80.6 Å². The Hall–Kier alpha value is -7.09. The third-order valence-electron chi connectivity index (χ3n) is 10.6. The summed E-state index contributed by atoms with van der Waals surface area (Å²) in [7, 11) is -3.51. The zero-order valence-corrected chi connectivity index (χ0v) is 38.4. The molecule has 6 amide bonds. The van der Waals surface area contributed by atoms with Gasteiger partial charge in [-0.2, -0.15) is 14.7 Å². The van der Waals surface area contributed by atoms with E-state index in [-0.39, 0.29) is 31.2 Å². The highest BCUT2D eigenvalue weighted by Crippen LogP contribution is 2.47. The van der Waals surface area contributed by atoms with Gasteiger partial charge in [0.15, 0.2) is 0 Å². The number of aromatic nitrogens is 2. The van der Waals surface area contributed by atoms with Crippen LogP contribution in [0.2, 0.25) is 5.02 Å². The van der Waals surface area contributed by atoms with Gasteiger partial charge in [-0.25, -0.2) is 4.79 Å². The number of carboxylic acid groups (broad SMARTS) is 1. The Balaban J connectivity index is 1.44. The van der Waals surface area contributed by atoms with Gasteiger partial charge < -0.3 is 42.0 Å². The number of carbonyl (C=O) groups excluding carboxylic acids is 7. The molecular weight excluding hydrogens is 923 g/mol. The molecule has 5 aromatic rings. The first kappa shape index (κ1) is 51.9. The van der Waals surface area contributed by atoms with Crippen molar-refractivity contribution in [3.63, 3.8) is 0 Å². The summed E-state index contributed by atoms with van der Waals surface area (Å²) in [6, 6.07) is 15.0. The Morgan fingerprint density at radius 1 is 0.647 bits per heavy atom. The maximum atomic E-state index is 14.5. The van der Waals surface area contributed by atoms with Gasteiger partial charge in [0.05, 0.1) is 5.56 Å². The van der Waals surface area contributed by atoms with Crippen LogP contribution in [0.15, 0.2) is 104 Å². The SMILES string of the molecule is CNC(=O)[C@H](Cc1c[nH]c2cc(Cl)ccc12)NC(=O)[C@H](CCC(=O)O)NC(=O)[C@H](Cc1ccccc1)NC(=O)[C@H](Cc1ccc(C(=O)[P+](O)(O)O)cc1)NC(=O)[C@H](Cc1cccnc1)NC(C)=O. The zero-order valence-electron chi connectivity index (χ0n) is 36.8. The average molecular weight is 974 g/mol. The topological polar surface area (TPSA) is 318 Å². The van der Waals surface area contributed by atoms with Crippen LogP contribution in [-0.2, 0) is 59.2 Å². The third kappa shape index (κ3) is 15.2. The van der Waals surface area contributed by atoms with Crippen LogP contribution in [0.3, 0.4) is 0 Å². The Kier molecular flexibility index (Phi) is 18.4. The lowest BCUT2D eigenvalue weighted by molar-refractivity contribution is -0.138. The molecule has 22 heteroatoms. The van der Waals surface area contributed by atoms with E-state index in [1.165, 1.54) is 50.6 Å². The first-order chi connectivity index (χ1) is 32.3. The molecule has 20 nitrogen and oxygen atoms in total. The second kappa shape index (κ2) is 24.1. The molecule has 0 aliphatic carbocycles. The van der Waals surface area contributed by atoms with E-state index in [9.17, 15) is 58.1 Å². The van der Waals surface area contributed by atoms with Gasteiger partial charge in [0.25, 0.3) is 0 Å². The van der Waals surface area contributed by atoms with Gasteiger partial charge in [0.1, 0.15) is 30.2 Å². The number of halogens is 1. The minimum atomic E-state index is -4.89. The van der Waals surface area contributed by atoms with E-state index in [4.69, 9.17) is 11.6 Å². The smallest absolute Gasteiger partial charge is 0.481 e. The molecule has 0 unspecified atom stereocenters. The molecule has 2 heterocycles. The Labute approximate surface area is 395 Å². The van der Waals surface area contributed by atoms with Crippen LogP contribution in [0.5, 0.6) is 0 Å². The molecule has 68 heavy (non-hydrogen) atoms. The first-order valence-corrected chi connectivity index (χ1v) is 23.1. The van der Waals surface area contributed by atoms with Crippen molar-refractivity contribution in [2.75, 3.05) is 7.05 Å². The standard InChI is InChI=1S/C46H50ClN8O12P/c1-26(56)51-36(21-29-9-6-18-49-24-29)43(61)53-38(20-28-10-12-30(13-11-28)46(64)68(65,66)67)45(63)54-37(19-27-7-4-3-5-8-27)44(62)52-34(16-17-40(57)58)42(60)55-39(41(59)48-2)22-31-25-50-35-23-32(47)14-15-33(31)35/h3-15,18,23-25,34,36-39,50,65-67H,16-17,19-22H2,1-2H3,(H6-,48,51,52,53,54,55,56,57,58,59,60,61,62,63)/p+1/t34-,36-,37-,38-,39-/m0/s1. The molecule has 0 bridgehead atoms. The van der Waals surface area contributed by atoms with Gasteiger partial charge in [-0.1, -0.05) is 66.2 Å². The molecule has 358 valence electrons. The van der Waals surface area contributed by atoms with E-state index in [2.05, 4.69) is 41.9 Å². The molecular formula is C46H51ClN8O12P+. The van der Waals surface area contributed by atoms with Crippen LogP contribution in [-0.4, -0.2) is 114 Å². The number of nitrogens with one attached hydrogen (secondary N) is 7. The number of pyridine rings is 1. The van der Waals surface area contributed by atoms with Crippen molar-refractivity contribution >= 4 is 77.4 Å². The third-order valence-corrected chi connectivity index (χ3v) is 11.7. The molecule has 0 aliphatic rings. The fourth-order valence-electron chi connectivity index (χ4n) is 7.23. The second-order valence-corrected chi connectivity index (χ2v) is 17.8. The van der Waals surface area contributed by atoms with E-state index < -0.39 is 97.9 Å².